The number of carbonyl (C=O) groups is 1. The molecule has 1 saturated heterocycles. The molecule has 32 heavy (non-hydrogen) atoms. The summed E-state index contributed by atoms with van der Waals surface area (Å²) in [7, 11) is -2.18. The first-order valence-corrected chi connectivity index (χ1v) is 12.0. The van der Waals surface area contributed by atoms with E-state index >= 15 is 0 Å². The minimum atomic E-state index is -3.81. The number of rotatable bonds is 6. The highest BCUT2D eigenvalue weighted by Gasteiger charge is 2.28. The molecule has 1 aliphatic rings. The fraction of sp³-hybridized carbons (Fsp3) is 0.292. The van der Waals surface area contributed by atoms with Crippen molar-refractivity contribution in [2.75, 3.05) is 38.2 Å². The normalized spacial score (nSPS) is 15.6. The summed E-state index contributed by atoms with van der Waals surface area (Å²) in [6.45, 7) is 4.03. The average molecular weight is 454 g/mol. The van der Waals surface area contributed by atoms with Crippen LogP contribution in [0.2, 0.25) is 0 Å². The molecule has 7 nitrogen and oxygen atoms in total. The number of nitrogens with zero attached hydrogens (tertiary/aromatic N) is 2. The molecule has 1 fully saturated rings. The quantitative estimate of drug-likeness (QED) is 0.621. The third-order valence-electron chi connectivity index (χ3n) is 5.76. The van der Waals surface area contributed by atoms with Crippen LogP contribution in [0.25, 0.3) is 10.8 Å². The number of sulfonamides is 1. The molecule has 0 radical (unpaired) electrons. The first-order valence-electron chi connectivity index (χ1n) is 10.6. The standard InChI is InChI=1S/C24H27N3O4S/c1-18(25-32(29,30)23-12-7-19-5-3-4-6-20(19)17-23)24(28)27-15-13-26(14-16-27)21-8-10-22(31-2)11-9-21/h3-12,17-18,25H,13-16H2,1-2H3/t18-/m1/s1. The summed E-state index contributed by atoms with van der Waals surface area (Å²) in [6.07, 6.45) is 0. The van der Waals surface area contributed by atoms with Crippen LogP contribution in [0.3, 0.4) is 0 Å². The average Bonchev–Trinajstić information content (AvgIpc) is 2.83. The van der Waals surface area contributed by atoms with E-state index in [4.69, 9.17) is 4.74 Å². The van der Waals surface area contributed by atoms with Gasteiger partial charge in [0.25, 0.3) is 0 Å². The van der Waals surface area contributed by atoms with E-state index in [-0.39, 0.29) is 10.8 Å². The highest BCUT2D eigenvalue weighted by Crippen LogP contribution is 2.21. The van der Waals surface area contributed by atoms with Gasteiger partial charge in [0, 0.05) is 31.9 Å². The number of nitrogens with one attached hydrogen (secondary N) is 1. The van der Waals surface area contributed by atoms with Gasteiger partial charge in [-0.15, -0.1) is 0 Å². The Morgan fingerprint density at radius 3 is 2.25 bits per heavy atom. The van der Waals surface area contributed by atoms with Gasteiger partial charge in [-0.2, -0.15) is 4.72 Å². The third-order valence-corrected chi connectivity index (χ3v) is 7.30. The zero-order valence-corrected chi connectivity index (χ0v) is 19.0. The SMILES string of the molecule is COc1ccc(N2CCN(C(=O)[C@@H](C)NS(=O)(=O)c3ccc4ccccc4c3)CC2)cc1. The molecule has 0 aromatic heterocycles. The molecular formula is C24H27N3O4S. The van der Waals surface area contributed by atoms with E-state index in [0.29, 0.717) is 26.2 Å². The van der Waals surface area contributed by atoms with Crippen molar-refractivity contribution in [1.29, 1.82) is 0 Å². The lowest BCUT2D eigenvalue weighted by Crippen LogP contribution is -2.54. The molecule has 0 unspecified atom stereocenters. The topological polar surface area (TPSA) is 79.0 Å². The summed E-state index contributed by atoms with van der Waals surface area (Å²) in [6, 6.07) is 19.5. The molecule has 1 aliphatic heterocycles. The van der Waals surface area contributed by atoms with E-state index < -0.39 is 16.1 Å². The first-order chi connectivity index (χ1) is 15.4. The number of ether oxygens (including phenoxy) is 1. The van der Waals surface area contributed by atoms with Gasteiger partial charge in [0.2, 0.25) is 15.9 Å². The van der Waals surface area contributed by atoms with Crippen molar-refractivity contribution in [3.8, 4) is 5.75 Å². The number of benzene rings is 3. The number of carbonyl (C=O) groups excluding carboxylic acids is 1. The molecule has 8 heteroatoms. The minimum Gasteiger partial charge on any atom is -0.497 e. The Bertz CT molecular complexity index is 1200. The maximum absolute atomic E-state index is 12.9. The van der Waals surface area contributed by atoms with E-state index in [0.717, 1.165) is 22.2 Å². The van der Waals surface area contributed by atoms with Crippen molar-refractivity contribution in [3.63, 3.8) is 0 Å². The van der Waals surface area contributed by atoms with Crippen molar-refractivity contribution in [1.82, 2.24) is 9.62 Å². The van der Waals surface area contributed by atoms with E-state index in [2.05, 4.69) is 9.62 Å². The summed E-state index contributed by atoms with van der Waals surface area (Å²) < 4.78 is 33.5. The number of amides is 1. The van der Waals surface area contributed by atoms with Gasteiger partial charge < -0.3 is 14.5 Å². The lowest BCUT2D eigenvalue weighted by molar-refractivity contribution is -0.132. The Balaban J connectivity index is 1.37. The predicted octanol–water partition coefficient (Wildman–Crippen LogP) is 2.86. The van der Waals surface area contributed by atoms with E-state index in [9.17, 15) is 13.2 Å². The van der Waals surface area contributed by atoms with Crippen LogP contribution >= 0.6 is 0 Å². The van der Waals surface area contributed by atoms with Gasteiger partial charge in [0.15, 0.2) is 0 Å². The Morgan fingerprint density at radius 1 is 0.938 bits per heavy atom. The predicted molar refractivity (Wildman–Crippen MR) is 126 cm³/mol. The van der Waals surface area contributed by atoms with Gasteiger partial charge in [0.05, 0.1) is 18.0 Å². The zero-order chi connectivity index (χ0) is 22.7. The Kier molecular flexibility index (Phi) is 6.34. The van der Waals surface area contributed by atoms with Gasteiger partial charge in [-0.3, -0.25) is 4.79 Å². The Labute approximate surface area is 188 Å². The number of piperazine rings is 1. The van der Waals surface area contributed by atoms with Gasteiger partial charge in [-0.25, -0.2) is 8.42 Å². The van der Waals surface area contributed by atoms with Crippen molar-refractivity contribution in [2.45, 2.75) is 17.9 Å². The molecule has 0 spiro atoms. The second-order valence-corrected chi connectivity index (χ2v) is 9.58. The monoisotopic (exact) mass is 453 g/mol. The Hall–Kier alpha value is -3.10. The molecule has 0 bridgehead atoms. The van der Waals surface area contributed by atoms with E-state index in [1.807, 2.05) is 48.5 Å². The second-order valence-electron chi connectivity index (χ2n) is 7.86. The first kappa shape index (κ1) is 22.1. The summed E-state index contributed by atoms with van der Waals surface area (Å²) in [5.41, 5.74) is 1.07. The van der Waals surface area contributed by atoms with Gasteiger partial charge >= 0.3 is 0 Å². The van der Waals surface area contributed by atoms with Crippen molar-refractivity contribution in [2.24, 2.45) is 0 Å². The van der Waals surface area contributed by atoms with Crippen molar-refractivity contribution >= 4 is 32.4 Å². The highest BCUT2D eigenvalue weighted by atomic mass is 32.2. The maximum Gasteiger partial charge on any atom is 0.241 e. The third kappa shape index (κ3) is 4.71. The van der Waals surface area contributed by atoms with Crippen LogP contribution in [0.4, 0.5) is 5.69 Å². The Morgan fingerprint density at radius 2 is 1.59 bits per heavy atom. The lowest BCUT2D eigenvalue weighted by Gasteiger charge is -2.37. The molecular weight excluding hydrogens is 426 g/mol. The van der Waals surface area contributed by atoms with Crippen molar-refractivity contribution < 1.29 is 17.9 Å². The van der Waals surface area contributed by atoms with Crippen LogP contribution in [-0.2, 0) is 14.8 Å². The van der Waals surface area contributed by atoms with Gasteiger partial charge in [-0.05, 0) is 54.1 Å². The molecule has 0 saturated carbocycles. The number of hydrogen-bond donors (Lipinski definition) is 1. The molecule has 1 amide bonds. The molecule has 3 aromatic rings. The molecule has 1 N–H and O–H groups in total. The number of methoxy groups -OCH3 is 1. The molecule has 168 valence electrons. The lowest BCUT2D eigenvalue weighted by atomic mass is 10.1. The zero-order valence-electron chi connectivity index (χ0n) is 18.2. The fourth-order valence-electron chi connectivity index (χ4n) is 3.94. The summed E-state index contributed by atoms with van der Waals surface area (Å²) in [5, 5.41) is 1.80. The minimum absolute atomic E-state index is 0.153. The van der Waals surface area contributed by atoms with Crippen LogP contribution in [0, 0.1) is 0 Å². The van der Waals surface area contributed by atoms with Gasteiger partial charge in [-0.1, -0.05) is 30.3 Å². The highest BCUT2D eigenvalue weighted by molar-refractivity contribution is 7.89. The second kappa shape index (κ2) is 9.18. The largest absolute Gasteiger partial charge is 0.497 e. The fourth-order valence-corrected chi connectivity index (χ4v) is 5.17. The summed E-state index contributed by atoms with van der Waals surface area (Å²) in [5.74, 6) is 0.582. The van der Waals surface area contributed by atoms with E-state index in [1.54, 1.807) is 37.1 Å². The van der Waals surface area contributed by atoms with Crippen LogP contribution in [0.15, 0.2) is 71.6 Å². The van der Waals surface area contributed by atoms with Crippen LogP contribution in [0.5, 0.6) is 5.75 Å². The van der Waals surface area contributed by atoms with Crippen LogP contribution < -0.4 is 14.4 Å². The summed E-state index contributed by atoms with van der Waals surface area (Å²) >= 11 is 0. The summed E-state index contributed by atoms with van der Waals surface area (Å²) in [4.78, 5) is 17.0. The number of anilines is 1. The van der Waals surface area contributed by atoms with Crippen LogP contribution in [-0.4, -0.2) is 58.6 Å². The van der Waals surface area contributed by atoms with Gasteiger partial charge in [0.1, 0.15) is 5.75 Å². The molecule has 1 heterocycles. The molecule has 3 aromatic carbocycles. The smallest absolute Gasteiger partial charge is 0.241 e. The maximum atomic E-state index is 12.9. The number of hydrogen-bond acceptors (Lipinski definition) is 5. The number of fused-ring (bicyclic) bond motifs is 1. The van der Waals surface area contributed by atoms with E-state index in [1.165, 1.54) is 0 Å². The molecule has 4 rings (SSSR count). The molecule has 0 aliphatic carbocycles. The van der Waals surface area contributed by atoms with Crippen molar-refractivity contribution in [3.05, 3.63) is 66.7 Å². The van der Waals surface area contributed by atoms with Crippen LogP contribution in [0.1, 0.15) is 6.92 Å². The molecule has 1 atom stereocenters.